The molecule has 3 rings (SSSR count). The summed E-state index contributed by atoms with van der Waals surface area (Å²) in [6.45, 7) is 6.17. The third kappa shape index (κ3) is 5.26. The van der Waals surface area contributed by atoms with Crippen molar-refractivity contribution in [3.05, 3.63) is 35.3 Å². The number of methoxy groups -OCH3 is 1. The molecule has 0 aliphatic carbocycles. The number of rotatable bonds is 6. The number of nitrogens with zero attached hydrogens (tertiary/aromatic N) is 3. The number of thiazole rings is 1. The number of aryl methyl sites for hydroxylation is 1. The van der Waals surface area contributed by atoms with Gasteiger partial charge >= 0.3 is 0 Å². The number of carbonyl (C=O) groups is 1. The van der Waals surface area contributed by atoms with Crippen molar-refractivity contribution < 1.29 is 17.9 Å². The highest BCUT2D eigenvalue weighted by Crippen LogP contribution is 2.22. The summed E-state index contributed by atoms with van der Waals surface area (Å²) in [4.78, 5) is 21.4. The van der Waals surface area contributed by atoms with Crippen LogP contribution in [0.15, 0.2) is 34.5 Å². The Kier molecular flexibility index (Phi) is 6.76. The molecule has 2 aromatic rings. The van der Waals surface area contributed by atoms with Crippen molar-refractivity contribution in [1.29, 1.82) is 0 Å². The summed E-state index contributed by atoms with van der Waals surface area (Å²) in [6, 6.07) is 5.21. The Morgan fingerprint density at radius 3 is 2.55 bits per heavy atom. The van der Waals surface area contributed by atoms with Crippen molar-refractivity contribution in [3.63, 3.8) is 0 Å². The molecule has 0 unspecified atom stereocenters. The number of benzene rings is 1. The van der Waals surface area contributed by atoms with Gasteiger partial charge in [0, 0.05) is 31.6 Å². The minimum absolute atomic E-state index is 0.0964. The summed E-state index contributed by atoms with van der Waals surface area (Å²) in [6.07, 6.45) is 0.808. The molecule has 1 aliphatic rings. The molecule has 1 saturated heterocycles. The molecule has 0 spiro atoms. The summed E-state index contributed by atoms with van der Waals surface area (Å²) >= 11 is 1.60. The number of amides is 1. The van der Waals surface area contributed by atoms with Gasteiger partial charge in [-0.05, 0) is 44.5 Å². The van der Waals surface area contributed by atoms with Crippen LogP contribution in [0.2, 0.25) is 0 Å². The largest absolute Gasteiger partial charge is 0.497 e. The second-order valence-corrected chi connectivity index (χ2v) is 9.51. The summed E-state index contributed by atoms with van der Waals surface area (Å²) in [5.41, 5.74) is 0.990. The van der Waals surface area contributed by atoms with Gasteiger partial charge in [-0.2, -0.15) is 4.72 Å². The fourth-order valence-corrected chi connectivity index (χ4v) is 5.25. The van der Waals surface area contributed by atoms with Gasteiger partial charge in [0.15, 0.2) is 5.13 Å². The molecule has 1 fully saturated rings. The molecule has 1 amide bonds. The first-order valence-electron chi connectivity index (χ1n) is 9.42. The summed E-state index contributed by atoms with van der Waals surface area (Å²) in [5, 5.41) is 2.98. The predicted molar refractivity (Wildman–Crippen MR) is 113 cm³/mol. The molecule has 0 saturated carbocycles. The minimum atomic E-state index is -3.80. The number of aromatic nitrogens is 1. The van der Waals surface area contributed by atoms with Crippen LogP contribution in [0.25, 0.3) is 0 Å². The zero-order chi connectivity index (χ0) is 21.0. The van der Waals surface area contributed by atoms with Gasteiger partial charge in [-0.15, -0.1) is 11.3 Å². The number of hydrogen-bond donors (Lipinski definition) is 1. The van der Waals surface area contributed by atoms with E-state index in [0.717, 1.165) is 23.8 Å². The quantitative estimate of drug-likeness (QED) is 0.740. The van der Waals surface area contributed by atoms with Crippen LogP contribution in [0.3, 0.4) is 0 Å². The maximum atomic E-state index is 12.9. The van der Waals surface area contributed by atoms with E-state index in [9.17, 15) is 13.2 Å². The molecule has 2 heterocycles. The average Bonchev–Trinajstić information content (AvgIpc) is 2.99. The molecule has 1 aromatic carbocycles. The van der Waals surface area contributed by atoms with Crippen molar-refractivity contribution >= 4 is 32.4 Å². The van der Waals surface area contributed by atoms with E-state index in [1.165, 1.54) is 19.2 Å². The van der Waals surface area contributed by atoms with Gasteiger partial charge in [0.1, 0.15) is 5.75 Å². The first kappa shape index (κ1) is 21.5. The number of carbonyl (C=O) groups excluding carboxylic acids is 1. The van der Waals surface area contributed by atoms with Crippen LogP contribution in [-0.2, 0) is 14.8 Å². The van der Waals surface area contributed by atoms with Crippen LogP contribution in [0, 0.1) is 6.92 Å². The van der Waals surface area contributed by atoms with Gasteiger partial charge in [0.05, 0.1) is 23.7 Å². The molecule has 0 radical (unpaired) electrons. The summed E-state index contributed by atoms with van der Waals surface area (Å²) in [5.74, 6) is 0.344. The standard InChI is InChI=1S/C19H26N4O4S2/c1-14-13-28-19(20-14)23-10-4-9-22(11-12-23)18(24)15(2)21-29(25,26)17-7-5-16(27-3)6-8-17/h5-8,13,15,21H,4,9-12H2,1-3H3/t15-/m0/s1. The predicted octanol–water partition coefficient (Wildman–Crippen LogP) is 1.87. The Hall–Kier alpha value is -2.17. The molecule has 29 heavy (non-hydrogen) atoms. The van der Waals surface area contributed by atoms with Gasteiger partial charge < -0.3 is 14.5 Å². The molecule has 1 aromatic heterocycles. The van der Waals surface area contributed by atoms with E-state index >= 15 is 0 Å². The lowest BCUT2D eigenvalue weighted by molar-refractivity contribution is -0.132. The molecule has 1 atom stereocenters. The van der Waals surface area contributed by atoms with Gasteiger partial charge in [-0.25, -0.2) is 13.4 Å². The molecule has 1 N–H and O–H groups in total. The molecule has 10 heteroatoms. The third-order valence-electron chi connectivity index (χ3n) is 4.76. The minimum Gasteiger partial charge on any atom is -0.497 e. The Labute approximate surface area is 175 Å². The zero-order valence-corrected chi connectivity index (χ0v) is 18.4. The van der Waals surface area contributed by atoms with Crippen LogP contribution in [0.5, 0.6) is 5.75 Å². The second kappa shape index (κ2) is 9.10. The van der Waals surface area contributed by atoms with Gasteiger partial charge in [0.2, 0.25) is 15.9 Å². The van der Waals surface area contributed by atoms with Crippen molar-refractivity contribution in [3.8, 4) is 5.75 Å². The SMILES string of the molecule is COc1ccc(S(=O)(=O)N[C@@H](C)C(=O)N2CCCN(c3nc(C)cs3)CC2)cc1. The van der Waals surface area contributed by atoms with Crippen LogP contribution in [0.1, 0.15) is 19.0 Å². The Bertz CT molecular complexity index is 943. The molecule has 0 bridgehead atoms. The van der Waals surface area contributed by atoms with Crippen LogP contribution in [-0.4, -0.2) is 63.5 Å². The average molecular weight is 439 g/mol. The van der Waals surface area contributed by atoms with Crippen molar-refractivity contribution in [1.82, 2.24) is 14.6 Å². The summed E-state index contributed by atoms with van der Waals surface area (Å²) < 4.78 is 32.7. The normalized spacial score (nSPS) is 16.4. The first-order chi connectivity index (χ1) is 13.8. The third-order valence-corrected chi connectivity index (χ3v) is 7.33. The van der Waals surface area contributed by atoms with Gasteiger partial charge in [-0.1, -0.05) is 0 Å². The Morgan fingerprint density at radius 1 is 1.21 bits per heavy atom. The molecule has 1 aliphatic heterocycles. The lowest BCUT2D eigenvalue weighted by Crippen LogP contribution is -2.47. The smallest absolute Gasteiger partial charge is 0.241 e. The van der Waals surface area contributed by atoms with E-state index < -0.39 is 16.1 Å². The fraction of sp³-hybridized carbons (Fsp3) is 0.474. The second-order valence-electron chi connectivity index (χ2n) is 6.96. The molecule has 8 nitrogen and oxygen atoms in total. The van der Waals surface area contributed by atoms with Gasteiger partial charge in [-0.3, -0.25) is 4.79 Å². The molecular formula is C19H26N4O4S2. The van der Waals surface area contributed by atoms with E-state index in [-0.39, 0.29) is 10.8 Å². The van der Waals surface area contributed by atoms with E-state index in [1.54, 1.807) is 35.3 Å². The van der Waals surface area contributed by atoms with Crippen molar-refractivity contribution in [2.24, 2.45) is 0 Å². The lowest BCUT2D eigenvalue weighted by Gasteiger charge is -2.25. The highest BCUT2D eigenvalue weighted by atomic mass is 32.2. The van der Waals surface area contributed by atoms with E-state index in [1.807, 2.05) is 12.3 Å². The molecular weight excluding hydrogens is 412 g/mol. The maximum Gasteiger partial charge on any atom is 0.241 e. The monoisotopic (exact) mass is 438 g/mol. The number of ether oxygens (including phenoxy) is 1. The molecule has 158 valence electrons. The lowest BCUT2D eigenvalue weighted by atomic mass is 10.3. The topological polar surface area (TPSA) is 91.8 Å². The number of hydrogen-bond acceptors (Lipinski definition) is 7. The van der Waals surface area contributed by atoms with Crippen molar-refractivity contribution in [2.45, 2.75) is 31.2 Å². The Balaban J connectivity index is 1.61. The van der Waals surface area contributed by atoms with Crippen LogP contribution < -0.4 is 14.4 Å². The van der Waals surface area contributed by atoms with E-state index in [2.05, 4.69) is 14.6 Å². The van der Waals surface area contributed by atoms with Crippen molar-refractivity contribution in [2.75, 3.05) is 38.2 Å². The highest BCUT2D eigenvalue weighted by Gasteiger charge is 2.27. The number of sulfonamides is 1. The highest BCUT2D eigenvalue weighted by molar-refractivity contribution is 7.89. The number of nitrogens with one attached hydrogen (secondary N) is 1. The first-order valence-corrected chi connectivity index (χ1v) is 11.8. The Morgan fingerprint density at radius 2 is 1.93 bits per heavy atom. The van der Waals surface area contributed by atoms with E-state index in [0.29, 0.717) is 25.4 Å². The van der Waals surface area contributed by atoms with E-state index in [4.69, 9.17) is 4.74 Å². The summed E-state index contributed by atoms with van der Waals surface area (Å²) in [7, 11) is -2.29. The fourth-order valence-electron chi connectivity index (χ4n) is 3.20. The zero-order valence-electron chi connectivity index (χ0n) is 16.8. The maximum absolute atomic E-state index is 12.9. The van der Waals surface area contributed by atoms with Crippen LogP contribution >= 0.6 is 11.3 Å². The van der Waals surface area contributed by atoms with Crippen LogP contribution in [0.4, 0.5) is 5.13 Å². The van der Waals surface area contributed by atoms with Gasteiger partial charge in [0.25, 0.3) is 0 Å². The number of anilines is 1.